The zero-order valence-corrected chi connectivity index (χ0v) is 13.7. The Morgan fingerprint density at radius 3 is 2.90 bits per heavy atom. The van der Waals surface area contributed by atoms with E-state index < -0.39 is 15.9 Å². The van der Waals surface area contributed by atoms with E-state index in [-0.39, 0.29) is 23.1 Å². The standard InChI is InChI=1S/C13H14INO4S/c14-9-3-4-12-11(8-9)13(16)15(20(12,17)18)6-5-10-2-1-7-19-10/h3-4,8,10H,1-2,5-7H2. The fourth-order valence-electron chi connectivity index (χ4n) is 2.61. The Balaban J connectivity index is 1.84. The van der Waals surface area contributed by atoms with Crippen LogP contribution in [0, 0.1) is 3.57 Å². The summed E-state index contributed by atoms with van der Waals surface area (Å²) in [5.74, 6) is -0.420. The molecule has 2 heterocycles. The first kappa shape index (κ1) is 14.3. The fourth-order valence-corrected chi connectivity index (χ4v) is 4.67. The summed E-state index contributed by atoms with van der Waals surface area (Å²) in [7, 11) is -3.68. The number of hydrogen-bond acceptors (Lipinski definition) is 4. The average Bonchev–Trinajstić information content (AvgIpc) is 2.96. The number of nitrogens with zero attached hydrogens (tertiary/aromatic N) is 1. The molecule has 1 aromatic carbocycles. The monoisotopic (exact) mass is 407 g/mol. The van der Waals surface area contributed by atoms with E-state index in [1.807, 2.05) is 0 Å². The summed E-state index contributed by atoms with van der Waals surface area (Å²) in [6.45, 7) is 0.918. The smallest absolute Gasteiger partial charge is 0.269 e. The van der Waals surface area contributed by atoms with Crippen LogP contribution < -0.4 is 0 Å². The Bertz CT molecular complexity index is 652. The van der Waals surface area contributed by atoms with Gasteiger partial charge in [-0.15, -0.1) is 0 Å². The third kappa shape index (κ3) is 2.35. The van der Waals surface area contributed by atoms with E-state index in [0.29, 0.717) is 6.42 Å². The SMILES string of the molecule is O=C1c2cc(I)ccc2S(=O)(=O)N1CCC1CCCO1. The molecule has 1 unspecified atom stereocenters. The van der Waals surface area contributed by atoms with Gasteiger partial charge in [0, 0.05) is 16.7 Å². The summed E-state index contributed by atoms with van der Waals surface area (Å²) in [6.07, 6.45) is 2.58. The molecule has 2 aliphatic heterocycles. The van der Waals surface area contributed by atoms with Crippen LogP contribution in [0.15, 0.2) is 23.1 Å². The molecule has 0 bridgehead atoms. The minimum Gasteiger partial charge on any atom is -0.378 e. The molecule has 20 heavy (non-hydrogen) atoms. The Labute approximate surface area is 131 Å². The summed E-state index contributed by atoms with van der Waals surface area (Å²) >= 11 is 2.07. The molecule has 0 aromatic heterocycles. The number of carbonyl (C=O) groups excluding carboxylic acids is 1. The van der Waals surface area contributed by atoms with E-state index >= 15 is 0 Å². The van der Waals surface area contributed by atoms with Crippen LogP contribution in [-0.2, 0) is 14.8 Å². The molecule has 0 aliphatic carbocycles. The molecule has 7 heteroatoms. The fraction of sp³-hybridized carbons (Fsp3) is 0.462. The quantitative estimate of drug-likeness (QED) is 0.720. The Morgan fingerprint density at radius 1 is 1.40 bits per heavy atom. The maximum atomic E-state index is 12.4. The highest BCUT2D eigenvalue weighted by Gasteiger charge is 2.41. The number of sulfonamides is 1. The second kappa shape index (κ2) is 5.27. The van der Waals surface area contributed by atoms with Crippen LogP contribution >= 0.6 is 22.6 Å². The van der Waals surface area contributed by atoms with E-state index in [1.165, 1.54) is 6.07 Å². The number of amides is 1. The Kier molecular flexibility index (Phi) is 3.76. The lowest BCUT2D eigenvalue weighted by Gasteiger charge is -2.17. The van der Waals surface area contributed by atoms with Crippen molar-refractivity contribution >= 4 is 38.5 Å². The third-order valence-corrected chi connectivity index (χ3v) is 6.16. The van der Waals surface area contributed by atoms with Gasteiger partial charge >= 0.3 is 0 Å². The molecule has 0 radical (unpaired) electrons. The zero-order chi connectivity index (χ0) is 14.3. The van der Waals surface area contributed by atoms with Crippen molar-refractivity contribution in [1.82, 2.24) is 4.31 Å². The number of fused-ring (bicyclic) bond motifs is 1. The van der Waals surface area contributed by atoms with Gasteiger partial charge in [0.05, 0.1) is 11.7 Å². The number of ether oxygens (including phenoxy) is 1. The molecular formula is C13H14INO4S. The molecule has 1 aromatic rings. The average molecular weight is 407 g/mol. The number of halogens is 1. The summed E-state index contributed by atoms with van der Waals surface area (Å²) in [6, 6.07) is 4.84. The van der Waals surface area contributed by atoms with Gasteiger partial charge in [-0.05, 0) is 60.1 Å². The van der Waals surface area contributed by atoms with Gasteiger partial charge in [0.2, 0.25) is 0 Å². The molecule has 1 atom stereocenters. The van der Waals surface area contributed by atoms with Crippen molar-refractivity contribution in [2.45, 2.75) is 30.3 Å². The number of benzene rings is 1. The molecular weight excluding hydrogens is 393 g/mol. The van der Waals surface area contributed by atoms with Crippen LogP contribution in [0.1, 0.15) is 29.6 Å². The largest absolute Gasteiger partial charge is 0.378 e. The van der Waals surface area contributed by atoms with E-state index in [4.69, 9.17) is 4.74 Å². The predicted molar refractivity (Wildman–Crippen MR) is 81.0 cm³/mol. The first-order chi connectivity index (χ1) is 9.50. The van der Waals surface area contributed by atoms with Crippen LogP contribution in [0.4, 0.5) is 0 Å². The van der Waals surface area contributed by atoms with Crippen LogP contribution in [0.3, 0.4) is 0 Å². The van der Waals surface area contributed by atoms with Gasteiger partial charge < -0.3 is 4.74 Å². The summed E-state index contributed by atoms with van der Waals surface area (Å²) in [5, 5.41) is 0. The van der Waals surface area contributed by atoms with Gasteiger partial charge in [0.1, 0.15) is 4.90 Å². The molecule has 1 amide bonds. The van der Waals surface area contributed by atoms with Crippen molar-refractivity contribution in [2.24, 2.45) is 0 Å². The molecule has 0 saturated carbocycles. The molecule has 1 fully saturated rings. The molecule has 1 saturated heterocycles. The van der Waals surface area contributed by atoms with Gasteiger partial charge in [-0.25, -0.2) is 12.7 Å². The maximum absolute atomic E-state index is 12.4. The van der Waals surface area contributed by atoms with Gasteiger partial charge in [0.15, 0.2) is 0 Å². The molecule has 2 aliphatic rings. The minimum atomic E-state index is -3.68. The van der Waals surface area contributed by atoms with Crippen molar-refractivity contribution in [3.8, 4) is 0 Å². The molecule has 108 valence electrons. The Hall–Kier alpha value is -0.670. The van der Waals surface area contributed by atoms with Crippen LogP contribution in [0.25, 0.3) is 0 Å². The summed E-state index contributed by atoms with van der Waals surface area (Å²) in [4.78, 5) is 12.4. The topological polar surface area (TPSA) is 63.7 Å². The number of hydrogen-bond donors (Lipinski definition) is 0. The van der Waals surface area contributed by atoms with Gasteiger partial charge in [-0.2, -0.15) is 0 Å². The number of carbonyl (C=O) groups is 1. The van der Waals surface area contributed by atoms with E-state index in [9.17, 15) is 13.2 Å². The number of rotatable bonds is 3. The van der Waals surface area contributed by atoms with Gasteiger partial charge in [-0.3, -0.25) is 4.79 Å². The van der Waals surface area contributed by atoms with Crippen molar-refractivity contribution in [3.63, 3.8) is 0 Å². The van der Waals surface area contributed by atoms with Crippen LogP contribution in [0.2, 0.25) is 0 Å². The zero-order valence-electron chi connectivity index (χ0n) is 10.7. The maximum Gasteiger partial charge on any atom is 0.269 e. The predicted octanol–water partition coefficient (Wildman–Crippen LogP) is 2.00. The van der Waals surface area contributed by atoms with Crippen LogP contribution in [0.5, 0.6) is 0 Å². The lowest BCUT2D eigenvalue weighted by atomic mass is 10.1. The third-order valence-electron chi connectivity index (χ3n) is 3.64. The van der Waals surface area contributed by atoms with Crippen molar-refractivity contribution in [1.29, 1.82) is 0 Å². The normalized spacial score (nSPS) is 24.1. The molecule has 3 rings (SSSR count). The first-order valence-corrected chi connectivity index (χ1v) is 9.00. The van der Waals surface area contributed by atoms with E-state index in [1.54, 1.807) is 12.1 Å². The molecule has 0 N–H and O–H groups in total. The van der Waals surface area contributed by atoms with Crippen LogP contribution in [-0.4, -0.2) is 37.9 Å². The minimum absolute atomic E-state index is 0.0712. The molecule has 5 nitrogen and oxygen atoms in total. The molecule has 0 spiro atoms. The lowest BCUT2D eigenvalue weighted by Crippen LogP contribution is -2.32. The summed E-state index contributed by atoms with van der Waals surface area (Å²) < 4.78 is 32.1. The van der Waals surface area contributed by atoms with E-state index in [0.717, 1.165) is 27.3 Å². The van der Waals surface area contributed by atoms with E-state index in [2.05, 4.69) is 22.6 Å². The van der Waals surface area contributed by atoms with Crippen molar-refractivity contribution in [2.75, 3.05) is 13.2 Å². The van der Waals surface area contributed by atoms with Crippen molar-refractivity contribution < 1.29 is 17.9 Å². The van der Waals surface area contributed by atoms with Crippen molar-refractivity contribution in [3.05, 3.63) is 27.3 Å². The highest BCUT2D eigenvalue weighted by Crippen LogP contribution is 2.32. The first-order valence-electron chi connectivity index (χ1n) is 6.48. The Morgan fingerprint density at radius 2 is 2.20 bits per heavy atom. The summed E-state index contributed by atoms with van der Waals surface area (Å²) in [5.41, 5.74) is 0.282. The van der Waals surface area contributed by atoms with Gasteiger partial charge in [0.25, 0.3) is 15.9 Å². The van der Waals surface area contributed by atoms with Gasteiger partial charge in [-0.1, -0.05) is 0 Å². The highest BCUT2D eigenvalue weighted by atomic mass is 127. The second-order valence-corrected chi connectivity index (χ2v) is 8.02. The second-order valence-electron chi connectivity index (χ2n) is 4.95. The highest BCUT2D eigenvalue weighted by molar-refractivity contribution is 14.1. The lowest BCUT2D eigenvalue weighted by molar-refractivity contribution is 0.0804.